The highest BCUT2D eigenvalue weighted by atomic mass is 16.5. The van der Waals surface area contributed by atoms with Gasteiger partial charge in [-0.25, -0.2) is 0 Å². The van der Waals surface area contributed by atoms with Gasteiger partial charge in [0, 0.05) is 50.9 Å². The number of hydrogen-bond acceptors (Lipinski definition) is 5. The number of likely N-dealkylation sites (N-methyl/N-ethyl adjacent to an activating group) is 1. The maximum absolute atomic E-state index is 12.9. The van der Waals surface area contributed by atoms with Gasteiger partial charge in [-0.3, -0.25) is 14.9 Å². The molecule has 0 bridgehead atoms. The largest absolute Gasteiger partial charge is 0.354 e. The minimum absolute atomic E-state index is 0.00203. The van der Waals surface area contributed by atoms with Crippen LogP contribution in [0.5, 0.6) is 0 Å². The topological polar surface area (TPSA) is 89.7 Å². The predicted octanol–water partition coefficient (Wildman–Crippen LogP) is 2.11. The van der Waals surface area contributed by atoms with E-state index in [0.717, 1.165) is 64.7 Å². The molecule has 1 aromatic heterocycles. The molecule has 1 aromatic rings. The van der Waals surface area contributed by atoms with Crippen molar-refractivity contribution in [1.29, 1.82) is 0 Å². The van der Waals surface area contributed by atoms with Crippen LogP contribution >= 0.6 is 0 Å². The third-order valence-electron chi connectivity index (χ3n) is 7.54. The van der Waals surface area contributed by atoms with Crippen molar-refractivity contribution in [2.24, 2.45) is 11.8 Å². The number of amides is 2. The van der Waals surface area contributed by atoms with E-state index in [4.69, 9.17) is 4.74 Å². The number of nitrogens with zero attached hydrogens (tertiary/aromatic N) is 2. The minimum atomic E-state index is -0.337. The number of carbonyl (C=O) groups excluding carboxylic acids is 2. The van der Waals surface area contributed by atoms with Gasteiger partial charge in [0.1, 0.15) is 5.69 Å². The molecule has 0 saturated carbocycles. The molecule has 0 radical (unpaired) electrons. The predicted molar refractivity (Wildman–Crippen MR) is 128 cm³/mol. The average Bonchev–Trinajstić information content (AvgIpc) is 3.46. The van der Waals surface area contributed by atoms with Crippen LogP contribution in [0.2, 0.25) is 0 Å². The summed E-state index contributed by atoms with van der Waals surface area (Å²) in [6.07, 6.45) is 6.03. The number of aromatic nitrogens is 1. The Morgan fingerprint density at radius 3 is 2.76 bits per heavy atom. The highest BCUT2D eigenvalue weighted by molar-refractivity contribution is 5.92. The van der Waals surface area contributed by atoms with Crippen LogP contribution in [-0.4, -0.2) is 78.7 Å². The van der Waals surface area contributed by atoms with E-state index in [-0.39, 0.29) is 24.0 Å². The first-order valence-corrected chi connectivity index (χ1v) is 12.7. The lowest BCUT2D eigenvalue weighted by Crippen LogP contribution is -2.49. The second kappa shape index (κ2) is 11.0. The first-order valence-electron chi connectivity index (χ1n) is 12.7. The molecule has 0 spiro atoms. The van der Waals surface area contributed by atoms with Crippen molar-refractivity contribution < 1.29 is 14.3 Å². The molecule has 3 aliphatic rings. The van der Waals surface area contributed by atoms with Gasteiger partial charge < -0.3 is 24.8 Å². The Kier molecular flexibility index (Phi) is 8.09. The molecule has 2 saturated heterocycles. The summed E-state index contributed by atoms with van der Waals surface area (Å²) >= 11 is 0. The number of fused-ring (bicyclic) bond motifs is 1. The maximum Gasteiger partial charge on any atom is 0.267 e. The van der Waals surface area contributed by atoms with Gasteiger partial charge in [0.2, 0.25) is 0 Å². The Hall–Kier alpha value is -1.90. The average molecular weight is 460 g/mol. The Morgan fingerprint density at radius 1 is 1.21 bits per heavy atom. The van der Waals surface area contributed by atoms with E-state index in [1.807, 2.05) is 11.0 Å². The Morgan fingerprint density at radius 2 is 2.00 bits per heavy atom. The highest BCUT2D eigenvalue weighted by Crippen LogP contribution is 2.25. The Labute approximate surface area is 197 Å². The number of rotatable bonds is 8. The number of carbonyl (C=O) groups is 2. The number of H-pyrrole nitrogens is 1. The molecule has 2 atom stereocenters. The number of nitrogens with one attached hydrogen (secondary N) is 3. The number of likely N-dealkylation sites (tertiary alicyclic amines) is 1. The van der Waals surface area contributed by atoms with Crippen LogP contribution in [0.25, 0.3) is 0 Å². The molecule has 2 unspecified atom stereocenters. The lowest BCUT2D eigenvalue weighted by Gasteiger charge is -2.34. The second-order valence-electron chi connectivity index (χ2n) is 10.4. The molecule has 3 N–H and O–H groups in total. The van der Waals surface area contributed by atoms with E-state index < -0.39 is 0 Å². The van der Waals surface area contributed by atoms with Crippen LogP contribution in [0.3, 0.4) is 0 Å². The van der Waals surface area contributed by atoms with Crippen LogP contribution in [0, 0.1) is 11.8 Å². The van der Waals surface area contributed by atoms with Crippen molar-refractivity contribution in [2.75, 3.05) is 40.0 Å². The zero-order valence-electron chi connectivity index (χ0n) is 20.5. The van der Waals surface area contributed by atoms with E-state index in [2.05, 4.69) is 41.4 Å². The normalized spacial score (nSPS) is 24.3. The molecule has 0 aromatic carbocycles. The Balaban J connectivity index is 1.11. The molecule has 2 amide bonds. The van der Waals surface area contributed by atoms with E-state index >= 15 is 0 Å². The second-order valence-corrected chi connectivity index (χ2v) is 10.4. The van der Waals surface area contributed by atoms with Crippen molar-refractivity contribution in [3.8, 4) is 0 Å². The summed E-state index contributed by atoms with van der Waals surface area (Å²) in [6, 6.07) is 2.12. The van der Waals surface area contributed by atoms with E-state index in [1.165, 1.54) is 11.3 Å². The van der Waals surface area contributed by atoms with Crippen molar-refractivity contribution >= 4 is 11.8 Å². The van der Waals surface area contributed by atoms with Crippen molar-refractivity contribution in [1.82, 2.24) is 25.4 Å². The van der Waals surface area contributed by atoms with Crippen molar-refractivity contribution in [3.05, 3.63) is 23.0 Å². The molecule has 0 aliphatic carbocycles. The van der Waals surface area contributed by atoms with Crippen LogP contribution in [-0.2, 0) is 22.5 Å². The first-order chi connectivity index (χ1) is 15.9. The fourth-order valence-corrected chi connectivity index (χ4v) is 5.43. The van der Waals surface area contributed by atoms with Crippen molar-refractivity contribution in [3.63, 3.8) is 0 Å². The number of unbranched alkanes of at least 4 members (excludes halogenated alkanes) is 1. The molecular weight excluding hydrogens is 418 g/mol. The molecule has 2 fully saturated rings. The van der Waals surface area contributed by atoms with E-state index in [1.54, 1.807) is 0 Å². The van der Waals surface area contributed by atoms with Gasteiger partial charge in [-0.2, -0.15) is 0 Å². The molecule has 3 aliphatic heterocycles. The quantitative estimate of drug-likeness (QED) is 0.518. The van der Waals surface area contributed by atoms with Gasteiger partial charge >= 0.3 is 0 Å². The third-order valence-corrected chi connectivity index (χ3v) is 7.54. The molecular formula is C25H41N5O3. The Bertz CT molecular complexity index is 815. The fourth-order valence-electron chi connectivity index (χ4n) is 5.43. The van der Waals surface area contributed by atoms with E-state index in [9.17, 15) is 9.59 Å². The summed E-state index contributed by atoms with van der Waals surface area (Å²) in [5.74, 6) is 1.20. The van der Waals surface area contributed by atoms with Gasteiger partial charge in [-0.05, 0) is 49.8 Å². The number of hydrogen-bond donors (Lipinski definition) is 3. The first kappa shape index (κ1) is 24.2. The van der Waals surface area contributed by atoms with Gasteiger partial charge in [-0.15, -0.1) is 0 Å². The molecule has 8 nitrogen and oxygen atoms in total. The van der Waals surface area contributed by atoms with Crippen LogP contribution in [0.15, 0.2) is 6.07 Å². The SMILES string of the molecule is CC(C)C1NCOC1C(=O)N1CCC(CCCCNC(=O)c2cc3c([nH]2)CCN(C)C3)CC1. The highest BCUT2D eigenvalue weighted by Gasteiger charge is 2.39. The van der Waals surface area contributed by atoms with E-state index in [0.29, 0.717) is 30.8 Å². The lowest BCUT2D eigenvalue weighted by molar-refractivity contribution is -0.143. The lowest BCUT2D eigenvalue weighted by atomic mass is 9.90. The summed E-state index contributed by atoms with van der Waals surface area (Å²) in [6.45, 7) is 9.04. The number of aromatic amines is 1. The molecule has 4 rings (SSSR count). The maximum atomic E-state index is 12.9. The van der Waals surface area contributed by atoms with Crippen LogP contribution in [0.4, 0.5) is 0 Å². The molecule has 8 heteroatoms. The fraction of sp³-hybridized carbons (Fsp3) is 0.760. The minimum Gasteiger partial charge on any atom is -0.354 e. The van der Waals surface area contributed by atoms with Gasteiger partial charge in [0.05, 0.1) is 6.73 Å². The molecule has 184 valence electrons. The summed E-state index contributed by atoms with van der Waals surface area (Å²) in [5.41, 5.74) is 3.14. The van der Waals surface area contributed by atoms with Crippen LogP contribution < -0.4 is 10.6 Å². The summed E-state index contributed by atoms with van der Waals surface area (Å²) in [4.78, 5) is 33.0. The van der Waals surface area contributed by atoms with Gasteiger partial charge in [-0.1, -0.05) is 26.7 Å². The zero-order valence-corrected chi connectivity index (χ0v) is 20.5. The smallest absolute Gasteiger partial charge is 0.267 e. The van der Waals surface area contributed by atoms with Crippen molar-refractivity contribution in [2.45, 2.75) is 71.1 Å². The molecule has 4 heterocycles. The summed E-state index contributed by atoms with van der Waals surface area (Å²) in [5, 5.41) is 6.37. The summed E-state index contributed by atoms with van der Waals surface area (Å²) in [7, 11) is 2.11. The third kappa shape index (κ3) is 5.97. The summed E-state index contributed by atoms with van der Waals surface area (Å²) < 4.78 is 5.70. The monoisotopic (exact) mass is 459 g/mol. The zero-order chi connectivity index (χ0) is 23.4. The van der Waals surface area contributed by atoms with Gasteiger partial charge in [0.25, 0.3) is 11.8 Å². The standard InChI is InChI=1S/C25H41N5O3/c1-17(2)22-23(33-16-27-22)25(32)30-12-7-18(8-13-30)6-4-5-10-26-24(31)21-14-19-15-29(3)11-9-20(19)28-21/h14,17-18,22-23,27-28H,4-13,15-16H2,1-3H3,(H,26,31). The van der Waals surface area contributed by atoms with Gasteiger partial charge in [0.15, 0.2) is 6.10 Å². The molecule has 33 heavy (non-hydrogen) atoms. The van der Waals surface area contributed by atoms with Crippen LogP contribution in [0.1, 0.15) is 67.7 Å². The number of ether oxygens (including phenoxy) is 1. The number of piperidine rings is 1.